The summed E-state index contributed by atoms with van der Waals surface area (Å²) in [6.07, 6.45) is 2.24. The van der Waals surface area contributed by atoms with E-state index in [4.69, 9.17) is 0 Å². The van der Waals surface area contributed by atoms with Crippen LogP contribution in [-0.4, -0.2) is 23.8 Å². The van der Waals surface area contributed by atoms with Crippen LogP contribution in [0, 0.1) is 5.92 Å². The molecule has 2 rings (SSSR count). The molecule has 1 aromatic rings. The first-order chi connectivity index (χ1) is 7.25. The van der Waals surface area contributed by atoms with Crippen LogP contribution in [0.4, 0.5) is 0 Å². The van der Waals surface area contributed by atoms with Gasteiger partial charge in [0.1, 0.15) is 5.78 Å². The van der Waals surface area contributed by atoms with Gasteiger partial charge in [-0.3, -0.25) is 9.69 Å². The summed E-state index contributed by atoms with van der Waals surface area (Å²) in [5.41, 5.74) is 0. The van der Waals surface area contributed by atoms with Gasteiger partial charge in [0.05, 0.1) is 0 Å². The largest absolute Gasteiger partial charge is 0.300 e. The molecule has 1 aliphatic rings. The molecule has 3 heteroatoms. The van der Waals surface area contributed by atoms with Gasteiger partial charge in [-0.15, -0.1) is 11.3 Å². The van der Waals surface area contributed by atoms with Crippen molar-refractivity contribution in [3.05, 3.63) is 22.4 Å². The molecule has 1 aliphatic heterocycles. The van der Waals surface area contributed by atoms with E-state index in [1.807, 2.05) is 0 Å². The molecule has 82 valence electrons. The number of hydrogen-bond acceptors (Lipinski definition) is 3. The number of carbonyl (C=O) groups is 1. The molecule has 0 saturated carbocycles. The van der Waals surface area contributed by atoms with Crippen LogP contribution in [0.2, 0.25) is 0 Å². The molecule has 1 saturated heterocycles. The molecule has 0 aliphatic carbocycles. The van der Waals surface area contributed by atoms with Gasteiger partial charge in [0.15, 0.2) is 0 Å². The van der Waals surface area contributed by atoms with Gasteiger partial charge in [0.25, 0.3) is 0 Å². The minimum absolute atomic E-state index is 0.277. The molecule has 0 spiro atoms. The van der Waals surface area contributed by atoms with Crippen molar-refractivity contribution >= 4 is 17.1 Å². The van der Waals surface area contributed by atoms with Crippen LogP contribution in [0.3, 0.4) is 0 Å². The van der Waals surface area contributed by atoms with Crippen LogP contribution in [-0.2, 0) is 11.3 Å². The zero-order valence-corrected chi connectivity index (χ0v) is 9.93. The van der Waals surface area contributed by atoms with Gasteiger partial charge < -0.3 is 0 Å². The quantitative estimate of drug-likeness (QED) is 0.785. The number of likely N-dealkylation sites (tertiary alicyclic amines) is 1. The molecule has 1 unspecified atom stereocenters. The van der Waals surface area contributed by atoms with Crippen molar-refractivity contribution in [2.75, 3.05) is 13.1 Å². The first-order valence-corrected chi connectivity index (χ1v) is 6.39. The smallest absolute Gasteiger partial charge is 0.134 e. The van der Waals surface area contributed by atoms with Crippen LogP contribution in [0.1, 0.15) is 24.6 Å². The lowest BCUT2D eigenvalue weighted by Gasteiger charge is -2.30. The van der Waals surface area contributed by atoms with E-state index in [1.54, 1.807) is 18.3 Å². The number of thiophene rings is 1. The molecule has 0 radical (unpaired) electrons. The Morgan fingerprint density at radius 3 is 3.20 bits per heavy atom. The third-order valence-corrected chi connectivity index (χ3v) is 3.90. The van der Waals surface area contributed by atoms with E-state index in [2.05, 4.69) is 22.4 Å². The fraction of sp³-hybridized carbons (Fsp3) is 0.583. The predicted molar refractivity (Wildman–Crippen MR) is 63.0 cm³/mol. The summed E-state index contributed by atoms with van der Waals surface area (Å²) in [4.78, 5) is 15.1. The molecule has 2 nitrogen and oxygen atoms in total. The number of piperidine rings is 1. The van der Waals surface area contributed by atoms with Crippen LogP contribution >= 0.6 is 11.3 Å². The number of Topliss-reactive ketones (excluding diaryl/α,β-unsaturated/α-hetero) is 1. The van der Waals surface area contributed by atoms with E-state index in [1.165, 1.54) is 4.88 Å². The molecule has 1 aromatic heterocycles. The van der Waals surface area contributed by atoms with Crippen molar-refractivity contribution in [3.8, 4) is 0 Å². The first kappa shape index (κ1) is 10.8. The van der Waals surface area contributed by atoms with E-state index < -0.39 is 0 Å². The summed E-state index contributed by atoms with van der Waals surface area (Å²) in [5.74, 6) is 0.629. The molecule has 2 heterocycles. The maximum absolute atomic E-state index is 11.3. The minimum atomic E-state index is 0.277. The fourth-order valence-corrected chi connectivity index (χ4v) is 2.90. The second-order valence-corrected chi connectivity index (χ2v) is 5.30. The van der Waals surface area contributed by atoms with Crippen molar-refractivity contribution in [2.45, 2.75) is 26.3 Å². The Morgan fingerprint density at radius 1 is 1.67 bits per heavy atom. The third-order valence-electron chi connectivity index (χ3n) is 3.04. The van der Waals surface area contributed by atoms with Gasteiger partial charge in [-0.25, -0.2) is 0 Å². The highest BCUT2D eigenvalue weighted by Crippen LogP contribution is 2.20. The molecular formula is C12H17NOS. The Bertz CT molecular complexity index is 320. The molecule has 0 bridgehead atoms. The van der Waals surface area contributed by atoms with E-state index in [0.29, 0.717) is 5.78 Å². The molecule has 15 heavy (non-hydrogen) atoms. The normalized spacial score (nSPS) is 22.9. The molecule has 1 atom stereocenters. The summed E-state index contributed by atoms with van der Waals surface area (Å²) < 4.78 is 0. The summed E-state index contributed by atoms with van der Waals surface area (Å²) >= 11 is 1.80. The Labute approximate surface area is 94.9 Å². The Kier molecular flexibility index (Phi) is 3.54. The third kappa shape index (κ3) is 2.89. The van der Waals surface area contributed by atoms with Gasteiger partial charge >= 0.3 is 0 Å². The lowest BCUT2D eigenvalue weighted by Crippen LogP contribution is -2.37. The second kappa shape index (κ2) is 4.90. The van der Waals surface area contributed by atoms with Crippen molar-refractivity contribution in [2.24, 2.45) is 5.92 Å². The number of ketones is 1. The maximum Gasteiger partial charge on any atom is 0.134 e. The van der Waals surface area contributed by atoms with Gasteiger partial charge in [-0.05, 0) is 37.8 Å². The topological polar surface area (TPSA) is 20.3 Å². The summed E-state index contributed by atoms with van der Waals surface area (Å²) in [7, 11) is 0. The van der Waals surface area contributed by atoms with Gasteiger partial charge in [0, 0.05) is 23.9 Å². The average molecular weight is 223 g/mol. The monoisotopic (exact) mass is 223 g/mol. The van der Waals surface area contributed by atoms with Crippen molar-refractivity contribution in [1.82, 2.24) is 4.90 Å². The van der Waals surface area contributed by atoms with Gasteiger partial charge in [0.2, 0.25) is 0 Å². The fourth-order valence-electron chi connectivity index (χ4n) is 2.15. The number of nitrogens with zero attached hydrogens (tertiary/aromatic N) is 1. The minimum Gasteiger partial charge on any atom is -0.300 e. The highest BCUT2D eigenvalue weighted by atomic mass is 32.1. The second-order valence-electron chi connectivity index (χ2n) is 4.26. The lowest BCUT2D eigenvalue weighted by atomic mass is 9.94. The number of carbonyl (C=O) groups excluding carboxylic acids is 1. The van der Waals surface area contributed by atoms with Crippen molar-refractivity contribution in [1.29, 1.82) is 0 Å². The van der Waals surface area contributed by atoms with E-state index in [0.717, 1.165) is 32.5 Å². The van der Waals surface area contributed by atoms with E-state index in [-0.39, 0.29) is 5.92 Å². The highest BCUT2D eigenvalue weighted by molar-refractivity contribution is 7.09. The predicted octanol–water partition coefficient (Wildman–Crippen LogP) is 2.55. The van der Waals surface area contributed by atoms with Crippen LogP contribution in [0.25, 0.3) is 0 Å². The summed E-state index contributed by atoms with van der Waals surface area (Å²) in [5, 5.41) is 2.11. The summed E-state index contributed by atoms with van der Waals surface area (Å²) in [6.45, 7) is 4.83. The maximum atomic E-state index is 11.3. The Hall–Kier alpha value is -0.670. The Balaban J connectivity index is 1.90. The van der Waals surface area contributed by atoms with Crippen molar-refractivity contribution in [3.63, 3.8) is 0 Å². The highest BCUT2D eigenvalue weighted by Gasteiger charge is 2.22. The van der Waals surface area contributed by atoms with Crippen LogP contribution < -0.4 is 0 Å². The number of rotatable bonds is 3. The zero-order chi connectivity index (χ0) is 10.7. The van der Waals surface area contributed by atoms with E-state index in [9.17, 15) is 4.79 Å². The molecule has 1 fully saturated rings. The first-order valence-electron chi connectivity index (χ1n) is 5.51. The van der Waals surface area contributed by atoms with Gasteiger partial charge in [-0.1, -0.05) is 6.07 Å². The lowest BCUT2D eigenvalue weighted by molar-refractivity contribution is -0.122. The standard InChI is InChI=1S/C12H17NOS/c1-10(14)11-4-2-6-13(8-11)9-12-5-3-7-15-12/h3,5,7,11H,2,4,6,8-9H2,1H3. The summed E-state index contributed by atoms with van der Waals surface area (Å²) in [6, 6.07) is 4.26. The molecule has 0 aromatic carbocycles. The van der Waals surface area contributed by atoms with Crippen LogP contribution in [0.5, 0.6) is 0 Å². The SMILES string of the molecule is CC(=O)C1CCCN(Cc2cccs2)C1. The van der Waals surface area contributed by atoms with Crippen LogP contribution in [0.15, 0.2) is 17.5 Å². The van der Waals surface area contributed by atoms with E-state index >= 15 is 0 Å². The number of hydrogen-bond donors (Lipinski definition) is 0. The van der Waals surface area contributed by atoms with Gasteiger partial charge in [-0.2, -0.15) is 0 Å². The zero-order valence-electron chi connectivity index (χ0n) is 9.11. The molecule has 0 N–H and O–H groups in total. The Morgan fingerprint density at radius 2 is 2.53 bits per heavy atom. The molecule has 0 amide bonds. The molecular weight excluding hydrogens is 206 g/mol. The average Bonchev–Trinajstić information content (AvgIpc) is 2.71. The van der Waals surface area contributed by atoms with Crippen molar-refractivity contribution < 1.29 is 4.79 Å².